The average molecular weight is 352 g/mol. The molecule has 0 aliphatic carbocycles. The van der Waals surface area contributed by atoms with Crippen molar-refractivity contribution in [1.29, 1.82) is 0 Å². The van der Waals surface area contributed by atoms with Crippen molar-refractivity contribution in [3.8, 4) is 0 Å². The number of amides is 2. The van der Waals surface area contributed by atoms with E-state index in [-0.39, 0.29) is 11.8 Å². The highest BCUT2D eigenvalue weighted by Gasteiger charge is 2.21. The van der Waals surface area contributed by atoms with Crippen molar-refractivity contribution in [2.24, 2.45) is 11.8 Å². The van der Waals surface area contributed by atoms with Crippen molar-refractivity contribution in [2.75, 3.05) is 0 Å². The molecule has 1 aromatic rings. The van der Waals surface area contributed by atoms with E-state index in [4.69, 9.17) is 0 Å². The first-order valence-corrected chi connectivity index (χ1v) is 9.88. The summed E-state index contributed by atoms with van der Waals surface area (Å²) < 4.78 is 0. The molecular weight excluding hydrogens is 310 g/mol. The van der Waals surface area contributed by atoms with E-state index in [2.05, 4.69) is 13.8 Å². The Bertz CT molecular complexity index is 404. The van der Waals surface area contributed by atoms with Crippen LogP contribution in [0.5, 0.6) is 0 Å². The smallest absolute Gasteiger partial charge is 0.232 e. The van der Waals surface area contributed by atoms with Gasteiger partial charge < -0.3 is 0 Å². The van der Waals surface area contributed by atoms with Crippen molar-refractivity contribution < 1.29 is 9.59 Å². The molecule has 2 atom stereocenters. The van der Waals surface area contributed by atoms with Gasteiger partial charge in [-0.25, -0.2) is 0 Å². The van der Waals surface area contributed by atoms with Crippen LogP contribution in [-0.2, 0) is 16.1 Å². The topological polar surface area (TPSA) is 37.4 Å². The van der Waals surface area contributed by atoms with Gasteiger partial charge in [0.1, 0.15) is 0 Å². The number of benzene rings is 1. The molecule has 0 spiro atoms. The molecule has 3 heteroatoms. The van der Waals surface area contributed by atoms with Gasteiger partial charge in [0.25, 0.3) is 0 Å². The Morgan fingerprint density at radius 1 is 1.00 bits per heavy atom. The summed E-state index contributed by atoms with van der Waals surface area (Å²) in [6, 6.07) is 9.57. The first kappa shape index (κ1) is 28.2. The Morgan fingerprint density at radius 2 is 1.48 bits per heavy atom. The van der Waals surface area contributed by atoms with Gasteiger partial charge in [0.2, 0.25) is 12.3 Å². The predicted octanol–water partition coefficient (Wildman–Crippen LogP) is 6.32. The number of hydrogen-bond acceptors (Lipinski definition) is 2. The molecule has 1 aromatic carbocycles. The third-order valence-corrected chi connectivity index (χ3v) is 3.48. The first-order chi connectivity index (χ1) is 12.1. The summed E-state index contributed by atoms with van der Waals surface area (Å²) in [6.45, 7) is 18.5. The summed E-state index contributed by atoms with van der Waals surface area (Å²) in [4.78, 5) is 24.6. The molecule has 0 aliphatic rings. The minimum Gasteiger partial charge on any atom is -0.281 e. The van der Waals surface area contributed by atoms with Crippen molar-refractivity contribution >= 4 is 12.3 Å². The zero-order valence-corrected chi connectivity index (χ0v) is 18.0. The molecule has 0 aromatic heterocycles. The van der Waals surface area contributed by atoms with E-state index in [0.29, 0.717) is 18.9 Å². The lowest BCUT2D eigenvalue weighted by atomic mass is 9.94. The molecule has 0 bridgehead atoms. The van der Waals surface area contributed by atoms with Crippen molar-refractivity contribution in [3.05, 3.63) is 35.9 Å². The zero-order valence-electron chi connectivity index (χ0n) is 18.0. The van der Waals surface area contributed by atoms with Gasteiger partial charge in [-0.1, -0.05) is 99.1 Å². The lowest BCUT2D eigenvalue weighted by Crippen LogP contribution is -2.34. The fourth-order valence-electron chi connectivity index (χ4n) is 2.10. The minimum absolute atomic E-state index is 0.0841. The Balaban J connectivity index is -0.000000725. The SMILES string of the molecule is CC.CC.CC.CCC(C)CC(C)C(=O)N(C=O)Cc1ccccc1. The number of imide groups is 1. The number of rotatable bonds is 7. The van der Waals surface area contributed by atoms with E-state index in [1.54, 1.807) is 0 Å². The molecule has 2 amide bonds. The molecule has 1 rings (SSSR count). The van der Waals surface area contributed by atoms with Crippen LogP contribution in [0, 0.1) is 11.8 Å². The highest BCUT2D eigenvalue weighted by Crippen LogP contribution is 2.17. The van der Waals surface area contributed by atoms with Crippen LogP contribution in [0.2, 0.25) is 0 Å². The molecule has 0 fully saturated rings. The highest BCUT2D eigenvalue weighted by molar-refractivity contribution is 5.87. The van der Waals surface area contributed by atoms with Crippen LogP contribution in [-0.4, -0.2) is 17.2 Å². The Hall–Kier alpha value is -1.64. The zero-order chi connectivity index (χ0) is 20.3. The van der Waals surface area contributed by atoms with E-state index in [1.807, 2.05) is 78.8 Å². The van der Waals surface area contributed by atoms with Gasteiger partial charge >= 0.3 is 0 Å². The lowest BCUT2D eigenvalue weighted by molar-refractivity contribution is -0.142. The van der Waals surface area contributed by atoms with Crippen molar-refractivity contribution in [2.45, 2.75) is 81.7 Å². The maximum absolute atomic E-state index is 12.2. The summed E-state index contributed by atoms with van der Waals surface area (Å²) in [7, 11) is 0. The predicted molar refractivity (Wildman–Crippen MR) is 110 cm³/mol. The molecule has 2 unspecified atom stereocenters. The molecule has 0 saturated carbocycles. The second-order valence-electron chi connectivity index (χ2n) is 5.21. The Labute approximate surface area is 156 Å². The average Bonchev–Trinajstić information content (AvgIpc) is 2.70. The van der Waals surface area contributed by atoms with Gasteiger partial charge in [-0.2, -0.15) is 0 Å². The third-order valence-electron chi connectivity index (χ3n) is 3.48. The third kappa shape index (κ3) is 13.3. The summed E-state index contributed by atoms with van der Waals surface area (Å²) in [5, 5.41) is 0. The van der Waals surface area contributed by atoms with E-state index in [9.17, 15) is 9.59 Å². The molecule has 0 aliphatic heterocycles. The molecule has 0 radical (unpaired) electrons. The number of hydrogen-bond donors (Lipinski definition) is 0. The van der Waals surface area contributed by atoms with Crippen LogP contribution >= 0.6 is 0 Å². The van der Waals surface area contributed by atoms with Gasteiger partial charge in [0.05, 0.1) is 6.54 Å². The van der Waals surface area contributed by atoms with E-state index in [1.165, 1.54) is 4.90 Å². The minimum atomic E-state index is -0.108. The standard InChI is InChI=1S/C16H23NO2.3C2H6/c1-4-13(2)10-14(3)16(19)17(12-18)11-15-8-6-5-7-9-15;3*1-2/h5-9,12-14H,4,10-11H2,1-3H3;3*1-2H3. The number of nitrogens with zero attached hydrogens (tertiary/aromatic N) is 1. The molecule has 25 heavy (non-hydrogen) atoms. The summed E-state index contributed by atoms with van der Waals surface area (Å²) in [5.74, 6) is 0.312. The van der Waals surface area contributed by atoms with Crippen LogP contribution < -0.4 is 0 Å². The van der Waals surface area contributed by atoms with Crippen molar-refractivity contribution in [3.63, 3.8) is 0 Å². The molecule has 146 valence electrons. The van der Waals surface area contributed by atoms with Crippen molar-refractivity contribution in [1.82, 2.24) is 4.90 Å². The first-order valence-electron chi connectivity index (χ1n) is 9.88. The highest BCUT2D eigenvalue weighted by atomic mass is 16.2. The molecular formula is C22H41NO2. The normalized spacial score (nSPS) is 11.1. The van der Waals surface area contributed by atoms with Gasteiger partial charge in [-0.3, -0.25) is 14.5 Å². The van der Waals surface area contributed by atoms with E-state index >= 15 is 0 Å². The van der Waals surface area contributed by atoms with Crippen LogP contribution in [0.3, 0.4) is 0 Å². The Kier molecular flexibility index (Phi) is 23.0. The summed E-state index contributed by atoms with van der Waals surface area (Å²) in [5.41, 5.74) is 0.971. The van der Waals surface area contributed by atoms with Crippen LogP contribution in [0.25, 0.3) is 0 Å². The summed E-state index contributed by atoms with van der Waals surface area (Å²) >= 11 is 0. The monoisotopic (exact) mass is 351 g/mol. The van der Waals surface area contributed by atoms with Crippen LogP contribution in [0.4, 0.5) is 0 Å². The number of carbonyl (C=O) groups excluding carboxylic acids is 2. The molecule has 3 nitrogen and oxygen atoms in total. The van der Waals surface area contributed by atoms with Gasteiger partial charge in [0, 0.05) is 5.92 Å². The molecule has 0 heterocycles. The fourth-order valence-corrected chi connectivity index (χ4v) is 2.10. The van der Waals surface area contributed by atoms with E-state index < -0.39 is 0 Å². The molecule has 0 N–H and O–H groups in total. The van der Waals surface area contributed by atoms with Gasteiger partial charge in [0.15, 0.2) is 0 Å². The maximum Gasteiger partial charge on any atom is 0.232 e. The quantitative estimate of drug-likeness (QED) is 0.539. The Morgan fingerprint density at radius 3 is 1.88 bits per heavy atom. The largest absolute Gasteiger partial charge is 0.281 e. The maximum atomic E-state index is 12.2. The summed E-state index contributed by atoms with van der Waals surface area (Å²) in [6.07, 6.45) is 2.52. The van der Waals surface area contributed by atoms with Crippen LogP contribution in [0.1, 0.15) is 80.7 Å². The molecule has 0 saturated heterocycles. The second kappa shape index (κ2) is 20.4. The number of carbonyl (C=O) groups is 2. The fraction of sp³-hybridized carbons (Fsp3) is 0.636. The van der Waals surface area contributed by atoms with Gasteiger partial charge in [-0.05, 0) is 17.9 Å². The second-order valence-corrected chi connectivity index (χ2v) is 5.21. The van der Waals surface area contributed by atoms with E-state index in [0.717, 1.165) is 18.4 Å². The van der Waals surface area contributed by atoms with Crippen LogP contribution in [0.15, 0.2) is 30.3 Å². The van der Waals surface area contributed by atoms with Gasteiger partial charge in [-0.15, -0.1) is 0 Å². The lowest BCUT2D eigenvalue weighted by Gasteiger charge is -2.21.